The number of nitrogens with one attached hydrogen (secondary N) is 1. The molecule has 60 valence electrons. The van der Waals surface area contributed by atoms with Crippen LogP contribution in [0.5, 0.6) is 0 Å². The number of rotatable bonds is 4. The van der Waals surface area contributed by atoms with E-state index < -0.39 is 17.3 Å². The number of hydrogen-bond donors (Lipinski definition) is 3. The third kappa shape index (κ3) is 3.67. The molecule has 4 N–H and O–H groups in total. The van der Waals surface area contributed by atoms with Crippen molar-refractivity contribution in [2.75, 3.05) is 6.54 Å². The molecule has 0 aliphatic rings. The SMILES string of the molecule is CC(=O)C(CN)NS(=O)O. The fraction of sp³-hybridized carbons (Fsp3) is 0.750. The molecule has 0 saturated heterocycles. The van der Waals surface area contributed by atoms with Crippen LogP contribution in [0.4, 0.5) is 0 Å². The maximum Gasteiger partial charge on any atom is 0.232 e. The van der Waals surface area contributed by atoms with Crippen LogP contribution in [0.3, 0.4) is 0 Å². The highest BCUT2D eigenvalue weighted by atomic mass is 32.2. The van der Waals surface area contributed by atoms with E-state index in [1.807, 2.05) is 0 Å². The highest BCUT2D eigenvalue weighted by molar-refractivity contribution is 7.77. The number of nitrogens with two attached hydrogens (primary N) is 1. The lowest BCUT2D eigenvalue weighted by molar-refractivity contribution is -0.118. The monoisotopic (exact) mass is 166 g/mol. The molecule has 10 heavy (non-hydrogen) atoms. The Hall–Kier alpha value is -0.300. The van der Waals surface area contributed by atoms with Crippen LogP contribution in [0.15, 0.2) is 0 Å². The Morgan fingerprint density at radius 3 is 2.50 bits per heavy atom. The van der Waals surface area contributed by atoms with Crippen molar-refractivity contribution in [3.05, 3.63) is 0 Å². The van der Waals surface area contributed by atoms with Crippen molar-refractivity contribution >= 4 is 17.0 Å². The van der Waals surface area contributed by atoms with Crippen molar-refractivity contribution in [1.82, 2.24) is 4.72 Å². The second kappa shape index (κ2) is 4.51. The van der Waals surface area contributed by atoms with Crippen LogP contribution < -0.4 is 10.5 Å². The third-order valence-electron chi connectivity index (χ3n) is 0.969. The van der Waals surface area contributed by atoms with E-state index in [1.165, 1.54) is 6.92 Å². The van der Waals surface area contributed by atoms with E-state index in [0.29, 0.717) is 0 Å². The van der Waals surface area contributed by atoms with E-state index in [0.717, 1.165) is 0 Å². The first-order chi connectivity index (χ1) is 4.57. The van der Waals surface area contributed by atoms with Gasteiger partial charge in [-0.3, -0.25) is 9.35 Å². The lowest BCUT2D eigenvalue weighted by Gasteiger charge is -2.08. The maximum absolute atomic E-state index is 10.5. The van der Waals surface area contributed by atoms with Gasteiger partial charge in [0.1, 0.15) is 5.78 Å². The largest absolute Gasteiger partial charge is 0.328 e. The Kier molecular flexibility index (Phi) is 4.37. The average Bonchev–Trinajstić information content (AvgIpc) is 1.81. The Morgan fingerprint density at radius 1 is 1.90 bits per heavy atom. The predicted molar refractivity (Wildman–Crippen MR) is 37.4 cm³/mol. The van der Waals surface area contributed by atoms with Crippen molar-refractivity contribution < 1.29 is 13.6 Å². The molecule has 0 aromatic carbocycles. The normalized spacial score (nSPS) is 16.3. The van der Waals surface area contributed by atoms with Crippen molar-refractivity contribution in [2.45, 2.75) is 13.0 Å². The maximum atomic E-state index is 10.5. The number of Topliss-reactive ketones (excluding diaryl/α,β-unsaturated/α-hetero) is 1. The van der Waals surface area contributed by atoms with Gasteiger partial charge in [0.2, 0.25) is 11.3 Å². The van der Waals surface area contributed by atoms with E-state index in [2.05, 4.69) is 4.72 Å². The molecule has 2 unspecified atom stereocenters. The zero-order chi connectivity index (χ0) is 8.15. The molecule has 5 nitrogen and oxygen atoms in total. The quantitative estimate of drug-likeness (QED) is 0.449. The zero-order valence-corrected chi connectivity index (χ0v) is 6.35. The number of hydrogen-bond acceptors (Lipinski definition) is 3. The molecule has 0 aromatic heterocycles. The first-order valence-corrected chi connectivity index (χ1v) is 3.76. The molecule has 0 radical (unpaired) electrons. The smallest absolute Gasteiger partial charge is 0.232 e. The summed E-state index contributed by atoms with van der Waals surface area (Å²) in [6.45, 7) is 1.33. The van der Waals surface area contributed by atoms with Gasteiger partial charge in [0, 0.05) is 6.54 Å². The summed E-state index contributed by atoms with van der Waals surface area (Å²) in [5.41, 5.74) is 5.09. The molecular formula is C4H10N2O3S. The van der Waals surface area contributed by atoms with Crippen LogP contribution in [0.25, 0.3) is 0 Å². The van der Waals surface area contributed by atoms with Crippen LogP contribution in [0.2, 0.25) is 0 Å². The van der Waals surface area contributed by atoms with Crippen molar-refractivity contribution in [3.63, 3.8) is 0 Å². The summed E-state index contributed by atoms with van der Waals surface area (Å²) in [4.78, 5) is 10.5. The molecule has 0 rings (SSSR count). The molecule has 0 aromatic rings. The Bertz CT molecular complexity index is 149. The van der Waals surface area contributed by atoms with E-state index in [4.69, 9.17) is 10.3 Å². The highest BCUT2D eigenvalue weighted by Crippen LogP contribution is 1.82. The second-order valence-corrected chi connectivity index (χ2v) is 2.50. The average molecular weight is 166 g/mol. The summed E-state index contributed by atoms with van der Waals surface area (Å²) >= 11 is -2.17. The molecule has 0 saturated carbocycles. The molecule has 0 amide bonds. The van der Waals surface area contributed by atoms with Gasteiger partial charge in [0.05, 0.1) is 6.04 Å². The molecular weight excluding hydrogens is 156 g/mol. The van der Waals surface area contributed by atoms with Gasteiger partial charge >= 0.3 is 0 Å². The topological polar surface area (TPSA) is 92.4 Å². The van der Waals surface area contributed by atoms with Crippen molar-refractivity contribution in [2.24, 2.45) is 5.73 Å². The lowest BCUT2D eigenvalue weighted by Crippen LogP contribution is -2.42. The minimum Gasteiger partial charge on any atom is -0.328 e. The summed E-state index contributed by atoms with van der Waals surface area (Å²) in [6, 6.07) is -0.717. The zero-order valence-electron chi connectivity index (χ0n) is 5.53. The standard InChI is InChI=1S/C4H10N2O3S/c1-3(7)4(2-5)6-10(8)9/h4,6H,2,5H2,1H3,(H,8,9). The summed E-state index contributed by atoms with van der Waals surface area (Å²) in [5.74, 6) is -0.245. The van der Waals surface area contributed by atoms with Gasteiger partial charge in [-0.05, 0) is 6.92 Å². The molecule has 0 aliphatic carbocycles. The predicted octanol–water partition coefficient (Wildman–Crippen LogP) is -1.37. The van der Waals surface area contributed by atoms with Crippen LogP contribution in [-0.2, 0) is 16.1 Å². The molecule has 6 heteroatoms. The third-order valence-corrected chi connectivity index (χ3v) is 1.46. The second-order valence-electron chi connectivity index (χ2n) is 1.77. The van der Waals surface area contributed by atoms with E-state index in [-0.39, 0.29) is 12.3 Å². The van der Waals surface area contributed by atoms with E-state index in [9.17, 15) is 9.00 Å². The highest BCUT2D eigenvalue weighted by Gasteiger charge is 2.12. The first-order valence-electron chi connectivity index (χ1n) is 2.65. The molecule has 0 heterocycles. The summed E-state index contributed by atoms with van der Waals surface area (Å²) in [7, 11) is 0. The van der Waals surface area contributed by atoms with Gasteiger partial charge in [-0.2, -0.15) is 0 Å². The minimum absolute atomic E-state index is 0.0294. The Balaban J connectivity index is 3.83. The van der Waals surface area contributed by atoms with Gasteiger partial charge in [-0.1, -0.05) is 0 Å². The van der Waals surface area contributed by atoms with E-state index in [1.54, 1.807) is 0 Å². The number of carbonyl (C=O) groups is 1. The minimum atomic E-state index is -2.17. The fourth-order valence-corrected chi connectivity index (χ4v) is 0.924. The number of carbonyl (C=O) groups excluding carboxylic acids is 1. The number of ketones is 1. The van der Waals surface area contributed by atoms with Gasteiger partial charge in [-0.25, -0.2) is 8.93 Å². The summed E-state index contributed by atoms with van der Waals surface area (Å²) < 4.78 is 20.4. The molecule has 0 spiro atoms. The van der Waals surface area contributed by atoms with Crippen molar-refractivity contribution in [3.8, 4) is 0 Å². The lowest BCUT2D eigenvalue weighted by atomic mass is 10.2. The van der Waals surface area contributed by atoms with Gasteiger partial charge in [0.15, 0.2) is 0 Å². The van der Waals surface area contributed by atoms with Crippen LogP contribution >= 0.6 is 0 Å². The molecule has 0 bridgehead atoms. The summed E-state index contributed by atoms with van der Waals surface area (Å²) in [5, 5.41) is 0. The molecule has 0 fully saturated rings. The van der Waals surface area contributed by atoms with Gasteiger partial charge in [-0.15, -0.1) is 0 Å². The van der Waals surface area contributed by atoms with Crippen LogP contribution in [0, 0.1) is 0 Å². The molecule has 2 atom stereocenters. The van der Waals surface area contributed by atoms with Crippen molar-refractivity contribution in [1.29, 1.82) is 0 Å². The summed E-state index contributed by atoms with van der Waals surface area (Å²) in [6.07, 6.45) is 0. The first kappa shape index (κ1) is 9.70. The Labute approximate surface area is 61.4 Å². The molecule has 0 aliphatic heterocycles. The van der Waals surface area contributed by atoms with Gasteiger partial charge < -0.3 is 5.73 Å². The Morgan fingerprint density at radius 2 is 2.40 bits per heavy atom. The van der Waals surface area contributed by atoms with Crippen LogP contribution in [0.1, 0.15) is 6.92 Å². The fourth-order valence-electron chi connectivity index (χ4n) is 0.419. The van der Waals surface area contributed by atoms with Gasteiger partial charge in [0.25, 0.3) is 0 Å². The van der Waals surface area contributed by atoms with Crippen LogP contribution in [-0.4, -0.2) is 27.1 Å². The van der Waals surface area contributed by atoms with E-state index >= 15 is 0 Å².